The number of ether oxygens (including phenoxy) is 1. The first kappa shape index (κ1) is 25.6. The molecule has 1 aliphatic heterocycles. The summed E-state index contributed by atoms with van der Waals surface area (Å²) in [6, 6.07) is 11.8. The predicted molar refractivity (Wildman–Crippen MR) is 156 cm³/mol. The Morgan fingerprint density at radius 2 is 1.95 bits per heavy atom. The molecule has 2 aromatic carbocycles. The van der Waals surface area contributed by atoms with Gasteiger partial charge in [0.2, 0.25) is 11.9 Å². The van der Waals surface area contributed by atoms with Gasteiger partial charge in [-0.25, -0.2) is 4.98 Å². The number of rotatable bonds is 8. The van der Waals surface area contributed by atoms with Crippen molar-refractivity contribution in [3.63, 3.8) is 0 Å². The number of fused-ring (bicyclic) bond motifs is 1. The quantitative estimate of drug-likeness (QED) is 0.215. The molecule has 0 bridgehead atoms. The lowest BCUT2D eigenvalue weighted by atomic mass is 10.1. The number of amides is 1. The van der Waals surface area contributed by atoms with Crippen molar-refractivity contribution in [2.45, 2.75) is 0 Å². The van der Waals surface area contributed by atoms with E-state index in [1.165, 1.54) is 6.08 Å². The molecule has 196 valence electrons. The summed E-state index contributed by atoms with van der Waals surface area (Å²) >= 11 is 3.53. The molecule has 5 rings (SSSR count). The summed E-state index contributed by atoms with van der Waals surface area (Å²) in [6.45, 7) is 7.12. The van der Waals surface area contributed by atoms with Gasteiger partial charge in [0.15, 0.2) is 0 Å². The van der Waals surface area contributed by atoms with E-state index in [4.69, 9.17) is 4.74 Å². The average Bonchev–Trinajstić information content (AvgIpc) is 3.39. The molecule has 0 radical (unpaired) electrons. The van der Waals surface area contributed by atoms with Crippen molar-refractivity contribution in [3.8, 4) is 5.75 Å². The van der Waals surface area contributed by atoms with Gasteiger partial charge >= 0.3 is 0 Å². The van der Waals surface area contributed by atoms with Gasteiger partial charge in [-0.2, -0.15) is 4.98 Å². The van der Waals surface area contributed by atoms with Crippen molar-refractivity contribution < 1.29 is 9.53 Å². The second-order valence-electron chi connectivity index (χ2n) is 8.97. The van der Waals surface area contributed by atoms with Crippen LogP contribution < -0.4 is 25.6 Å². The molecule has 0 unspecified atom stereocenters. The van der Waals surface area contributed by atoms with E-state index >= 15 is 0 Å². The largest absolute Gasteiger partial charge is 0.494 e. The minimum Gasteiger partial charge on any atom is -0.494 e. The van der Waals surface area contributed by atoms with Crippen molar-refractivity contribution in [2.75, 3.05) is 61.2 Å². The molecule has 0 aliphatic carbocycles. The fraction of sp³-hybridized carbons (Fsp3) is 0.222. The number of methoxy groups -OCH3 is 1. The molecule has 38 heavy (non-hydrogen) atoms. The van der Waals surface area contributed by atoms with E-state index in [9.17, 15) is 4.79 Å². The zero-order chi connectivity index (χ0) is 26.6. The van der Waals surface area contributed by atoms with Crippen LogP contribution in [0.2, 0.25) is 0 Å². The van der Waals surface area contributed by atoms with Crippen molar-refractivity contribution in [1.82, 2.24) is 19.9 Å². The number of hydrogen-bond acceptors (Lipinski definition) is 8. The summed E-state index contributed by atoms with van der Waals surface area (Å²) in [5.74, 6) is 1.28. The Kier molecular flexibility index (Phi) is 7.47. The highest BCUT2D eigenvalue weighted by atomic mass is 79.9. The summed E-state index contributed by atoms with van der Waals surface area (Å²) in [5, 5.41) is 10.7. The fourth-order valence-electron chi connectivity index (χ4n) is 4.33. The molecule has 4 aromatic rings. The van der Waals surface area contributed by atoms with Crippen molar-refractivity contribution in [2.24, 2.45) is 0 Å². The molecule has 1 aliphatic rings. The highest BCUT2D eigenvalue weighted by molar-refractivity contribution is 9.10. The van der Waals surface area contributed by atoms with E-state index in [0.29, 0.717) is 33.4 Å². The normalized spacial score (nSPS) is 13.8. The molecular formula is C27H29BrN8O2. The van der Waals surface area contributed by atoms with Crippen LogP contribution in [0.25, 0.3) is 10.9 Å². The average molecular weight is 577 g/mol. The summed E-state index contributed by atoms with van der Waals surface area (Å²) < 4.78 is 6.44. The van der Waals surface area contributed by atoms with Crippen LogP contribution in [-0.2, 0) is 4.79 Å². The van der Waals surface area contributed by atoms with Gasteiger partial charge in [0.05, 0.1) is 28.6 Å². The van der Waals surface area contributed by atoms with Crippen LogP contribution in [0.1, 0.15) is 0 Å². The van der Waals surface area contributed by atoms with Gasteiger partial charge in [0.1, 0.15) is 11.6 Å². The van der Waals surface area contributed by atoms with E-state index in [-0.39, 0.29) is 5.91 Å². The third kappa shape index (κ3) is 5.58. The molecule has 0 atom stereocenters. The smallest absolute Gasteiger partial charge is 0.247 e. The van der Waals surface area contributed by atoms with E-state index in [1.807, 2.05) is 42.6 Å². The first-order valence-electron chi connectivity index (χ1n) is 12.2. The van der Waals surface area contributed by atoms with Crippen molar-refractivity contribution in [3.05, 3.63) is 65.9 Å². The Morgan fingerprint density at radius 3 is 2.71 bits per heavy atom. The van der Waals surface area contributed by atoms with E-state index in [1.54, 1.807) is 13.3 Å². The lowest BCUT2D eigenvalue weighted by Gasteiger charge is -2.35. The number of benzene rings is 2. The van der Waals surface area contributed by atoms with E-state index in [0.717, 1.165) is 48.5 Å². The number of aromatic nitrogens is 3. The number of nitrogens with one attached hydrogen (secondary N) is 4. The van der Waals surface area contributed by atoms with Gasteiger partial charge in [-0.05, 0) is 58.7 Å². The van der Waals surface area contributed by atoms with Crippen molar-refractivity contribution >= 4 is 67.3 Å². The maximum absolute atomic E-state index is 12.3. The molecule has 1 fully saturated rings. The maximum Gasteiger partial charge on any atom is 0.247 e. The summed E-state index contributed by atoms with van der Waals surface area (Å²) in [4.78, 5) is 29.1. The van der Waals surface area contributed by atoms with Crippen LogP contribution in [0.15, 0.2) is 65.9 Å². The van der Waals surface area contributed by atoms with Crippen LogP contribution >= 0.6 is 15.9 Å². The molecule has 1 amide bonds. The lowest BCUT2D eigenvalue weighted by molar-refractivity contribution is -0.111. The van der Waals surface area contributed by atoms with Gasteiger partial charge < -0.3 is 35.5 Å². The van der Waals surface area contributed by atoms with E-state index in [2.05, 4.69) is 70.3 Å². The first-order chi connectivity index (χ1) is 18.4. The predicted octanol–water partition coefficient (Wildman–Crippen LogP) is 5.09. The Hall–Kier alpha value is -4.09. The minimum absolute atomic E-state index is 0.290. The third-order valence-corrected chi connectivity index (χ3v) is 6.99. The first-order valence-corrected chi connectivity index (χ1v) is 13.0. The molecule has 2 aromatic heterocycles. The van der Waals surface area contributed by atoms with E-state index < -0.39 is 0 Å². The number of anilines is 6. The zero-order valence-electron chi connectivity index (χ0n) is 21.2. The number of piperazine rings is 1. The Bertz CT molecular complexity index is 1480. The fourth-order valence-corrected chi connectivity index (χ4v) is 4.62. The highest BCUT2D eigenvalue weighted by Crippen LogP contribution is 2.39. The standard InChI is InChI=1S/C27H29BrN8O2/c1-4-25(37)32-21-14-22(24(38-3)15-23(21)36-11-9-35(2)10-12-36)33-27-30-16-19(28)26(34-27)31-18-6-5-17-7-8-29-20(17)13-18/h4-8,13-16,29H,1,9-12H2,2-3H3,(H,32,37)(H2,30,31,33,34). The topological polar surface area (TPSA) is 110 Å². The number of nitrogens with zero attached hydrogens (tertiary/aromatic N) is 4. The van der Waals surface area contributed by atoms with Gasteiger partial charge in [-0.3, -0.25) is 4.79 Å². The molecule has 0 saturated carbocycles. The number of H-pyrrole nitrogens is 1. The van der Waals surface area contributed by atoms with Crippen LogP contribution in [-0.4, -0.2) is 66.1 Å². The number of hydrogen-bond donors (Lipinski definition) is 4. The molecule has 11 heteroatoms. The van der Waals surface area contributed by atoms with Crippen molar-refractivity contribution in [1.29, 1.82) is 0 Å². The molecular weight excluding hydrogens is 548 g/mol. The van der Waals surface area contributed by atoms with Gasteiger partial charge in [0.25, 0.3) is 0 Å². The number of carbonyl (C=O) groups is 1. The molecule has 3 heterocycles. The number of halogens is 1. The summed E-state index contributed by atoms with van der Waals surface area (Å²) in [7, 11) is 3.72. The molecule has 0 spiro atoms. The maximum atomic E-state index is 12.3. The SMILES string of the molecule is C=CC(=O)Nc1cc(Nc2ncc(Br)c(Nc3ccc4cc[nH]c4c3)n2)c(OC)cc1N1CCN(C)CC1. The van der Waals surface area contributed by atoms with Crippen LogP contribution in [0, 0.1) is 0 Å². The second kappa shape index (κ2) is 11.1. The van der Waals surface area contributed by atoms with Crippen LogP contribution in [0.3, 0.4) is 0 Å². The monoisotopic (exact) mass is 576 g/mol. The van der Waals surface area contributed by atoms with Gasteiger partial charge in [-0.1, -0.05) is 12.6 Å². The number of likely N-dealkylation sites (N-methyl/N-ethyl adjacent to an activating group) is 1. The summed E-state index contributed by atoms with van der Waals surface area (Å²) in [6.07, 6.45) is 4.84. The third-order valence-electron chi connectivity index (χ3n) is 6.41. The molecule has 4 N–H and O–H groups in total. The highest BCUT2D eigenvalue weighted by Gasteiger charge is 2.21. The molecule has 10 nitrogen and oxygen atoms in total. The van der Waals surface area contributed by atoms with Gasteiger partial charge in [0, 0.05) is 55.8 Å². The molecule has 1 saturated heterocycles. The van der Waals surface area contributed by atoms with Crippen LogP contribution in [0.4, 0.5) is 34.5 Å². The van der Waals surface area contributed by atoms with Crippen LogP contribution in [0.5, 0.6) is 5.75 Å². The second-order valence-corrected chi connectivity index (χ2v) is 9.83. The summed E-state index contributed by atoms with van der Waals surface area (Å²) in [5.41, 5.74) is 4.06. The Labute approximate surface area is 229 Å². The zero-order valence-corrected chi connectivity index (χ0v) is 22.8. The Morgan fingerprint density at radius 1 is 1.13 bits per heavy atom. The minimum atomic E-state index is -0.290. The lowest BCUT2D eigenvalue weighted by Crippen LogP contribution is -2.44. The van der Waals surface area contributed by atoms with Gasteiger partial charge in [-0.15, -0.1) is 0 Å². The number of aromatic amines is 1. The Balaban J connectivity index is 1.45. The number of carbonyl (C=O) groups excluding carboxylic acids is 1.